The first-order valence-corrected chi connectivity index (χ1v) is 8.41. The van der Waals surface area contributed by atoms with E-state index in [4.69, 9.17) is 4.74 Å². The molecule has 0 saturated carbocycles. The smallest absolute Gasteiger partial charge is 0.260 e. The van der Waals surface area contributed by atoms with Gasteiger partial charge in [0.25, 0.3) is 5.91 Å². The average molecular weight is 324 g/mol. The lowest BCUT2D eigenvalue weighted by Gasteiger charge is -2.36. The third-order valence-electron chi connectivity index (χ3n) is 4.45. The van der Waals surface area contributed by atoms with Crippen molar-refractivity contribution in [1.29, 1.82) is 0 Å². The molecule has 2 aromatic rings. The van der Waals surface area contributed by atoms with Crippen LogP contribution in [0.25, 0.3) is 0 Å². The lowest BCUT2D eigenvalue weighted by molar-refractivity contribution is -0.133. The third kappa shape index (κ3) is 3.88. The average Bonchev–Trinajstić information content (AvgIpc) is 2.63. The Morgan fingerprint density at radius 3 is 2.42 bits per heavy atom. The number of hydrogen-bond acceptors (Lipinski definition) is 3. The second kappa shape index (κ2) is 7.39. The van der Waals surface area contributed by atoms with Crippen molar-refractivity contribution in [3.05, 3.63) is 59.7 Å². The minimum Gasteiger partial charge on any atom is -0.483 e. The Morgan fingerprint density at radius 1 is 1.00 bits per heavy atom. The molecule has 0 unspecified atom stereocenters. The number of para-hydroxylation sites is 1. The maximum absolute atomic E-state index is 12.4. The number of amides is 1. The minimum absolute atomic E-state index is 0.0589. The number of rotatable bonds is 4. The molecule has 1 aliphatic rings. The highest BCUT2D eigenvalue weighted by Crippen LogP contribution is 2.19. The van der Waals surface area contributed by atoms with Crippen LogP contribution in [0, 0.1) is 13.8 Å². The van der Waals surface area contributed by atoms with Gasteiger partial charge in [0, 0.05) is 31.9 Å². The molecule has 1 saturated heterocycles. The number of hydrogen-bond donors (Lipinski definition) is 0. The Morgan fingerprint density at radius 2 is 1.71 bits per heavy atom. The normalized spacial score (nSPS) is 14.6. The molecule has 0 spiro atoms. The molecule has 126 valence electrons. The van der Waals surface area contributed by atoms with Gasteiger partial charge in [-0.05, 0) is 43.2 Å². The maximum atomic E-state index is 12.4. The van der Waals surface area contributed by atoms with Gasteiger partial charge in [-0.2, -0.15) is 0 Å². The van der Waals surface area contributed by atoms with E-state index in [2.05, 4.69) is 17.0 Å². The highest BCUT2D eigenvalue weighted by atomic mass is 16.5. The maximum Gasteiger partial charge on any atom is 0.260 e. The Labute approximate surface area is 143 Å². The van der Waals surface area contributed by atoms with Crippen molar-refractivity contribution in [2.24, 2.45) is 0 Å². The van der Waals surface area contributed by atoms with Crippen LogP contribution in [0.5, 0.6) is 5.75 Å². The first kappa shape index (κ1) is 16.4. The highest BCUT2D eigenvalue weighted by molar-refractivity contribution is 5.78. The SMILES string of the molecule is Cc1ccc(C)c(OCC(=O)N2CCN(c3ccccc3)CC2)c1. The Kier molecular flexibility index (Phi) is 5.04. The summed E-state index contributed by atoms with van der Waals surface area (Å²) in [7, 11) is 0. The van der Waals surface area contributed by atoms with Gasteiger partial charge in [-0.15, -0.1) is 0 Å². The number of anilines is 1. The van der Waals surface area contributed by atoms with Crippen LogP contribution >= 0.6 is 0 Å². The molecule has 0 aromatic heterocycles. The summed E-state index contributed by atoms with van der Waals surface area (Å²) in [6.07, 6.45) is 0. The highest BCUT2D eigenvalue weighted by Gasteiger charge is 2.21. The molecule has 1 fully saturated rings. The summed E-state index contributed by atoms with van der Waals surface area (Å²) in [6, 6.07) is 16.4. The fourth-order valence-corrected chi connectivity index (χ4v) is 2.95. The van der Waals surface area contributed by atoms with Gasteiger partial charge in [-0.25, -0.2) is 0 Å². The minimum atomic E-state index is 0.0589. The van der Waals surface area contributed by atoms with E-state index in [9.17, 15) is 4.79 Å². The predicted octanol–water partition coefficient (Wildman–Crippen LogP) is 3.03. The molecule has 2 aromatic carbocycles. The molecule has 0 bridgehead atoms. The number of ether oxygens (including phenoxy) is 1. The molecule has 0 radical (unpaired) electrons. The quantitative estimate of drug-likeness (QED) is 0.867. The van der Waals surface area contributed by atoms with Gasteiger partial charge in [0.15, 0.2) is 6.61 Å². The number of carbonyl (C=O) groups is 1. The van der Waals surface area contributed by atoms with Gasteiger partial charge in [0.2, 0.25) is 0 Å². The zero-order chi connectivity index (χ0) is 16.9. The van der Waals surface area contributed by atoms with Crippen molar-refractivity contribution in [1.82, 2.24) is 4.90 Å². The van der Waals surface area contributed by atoms with E-state index >= 15 is 0 Å². The second-order valence-electron chi connectivity index (χ2n) is 6.26. The lowest BCUT2D eigenvalue weighted by atomic mass is 10.1. The van der Waals surface area contributed by atoms with E-state index in [1.807, 2.05) is 55.1 Å². The molecule has 4 nitrogen and oxygen atoms in total. The monoisotopic (exact) mass is 324 g/mol. The topological polar surface area (TPSA) is 32.8 Å². The summed E-state index contributed by atoms with van der Waals surface area (Å²) >= 11 is 0. The Balaban J connectivity index is 1.51. The number of carbonyl (C=O) groups excluding carboxylic acids is 1. The van der Waals surface area contributed by atoms with Crippen LogP contribution in [0.2, 0.25) is 0 Å². The van der Waals surface area contributed by atoms with Crippen LogP contribution in [0.15, 0.2) is 48.5 Å². The second-order valence-corrected chi connectivity index (χ2v) is 6.26. The summed E-state index contributed by atoms with van der Waals surface area (Å²) in [6.45, 7) is 7.33. The molecule has 0 atom stereocenters. The van der Waals surface area contributed by atoms with Crippen molar-refractivity contribution in [2.75, 3.05) is 37.7 Å². The van der Waals surface area contributed by atoms with Crippen LogP contribution in [0.4, 0.5) is 5.69 Å². The molecule has 24 heavy (non-hydrogen) atoms. The number of piperazine rings is 1. The van der Waals surface area contributed by atoms with E-state index in [1.165, 1.54) is 5.69 Å². The number of aryl methyl sites for hydroxylation is 2. The molecular weight excluding hydrogens is 300 g/mol. The van der Waals surface area contributed by atoms with Crippen LogP contribution in [0.3, 0.4) is 0 Å². The number of benzene rings is 2. The molecule has 1 aliphatic heterocycles. The summed E-state index contributed by atoms with van der Waals surface area (Å²) in [5.41, 5.74) is 3.41. The molecule has 1 heterocycles. The fourth-order valence-electron chi connectivity index (χ4n) is 2.95. The molecule has 0 aliphatic carbocycles. The van der Waals surface area contributed by atoms with Gasteiger partial charge in [-0.1, -0.05) is 30.3 Å². The predicted molar refractivity (Wildman–Crippen MR) is 96.6 cm³/mol. The first-order valence-electron chi connectivity index (χ1n) is 8.41. The van der Waals surface area contributed by atoms with Crippen LogP contribution in [-0.4, -0.2) is 43.6 Å². The van der Waals surface area contributed by atoms with Gasteiger partial charge in [0.1, 0.15) is 5.75 Å². The molecular formula is C20H24N2O2. The Hall–Kier alpha value is -2.49. The molecule has 0 N–H and O–H groups in total. The van der Waals surface area contributed by atoms with Crippen molar-refractivity contribution >= 4 is 11.6 Å². The fraction of sp³-hybridized carbons (Fsp3) is 0.350. The van der Waals surface area contributed by atoms with Crippen LogP contribution < -0.4 is 9.64 Å². The van der Waals surface area contributed by atoms with Gasteiger partial charge < -0.3 is 14.5 Å². The van der Waals surface area contributed by atoms with Crippen LogP contribution in [0.1, 0.15) is 11.1 Å². The summed E-state index contributed by atoms with van der Waals surface area (Å²) in [5.74, 6) is 0.856. The summed E-state index contributed by atoms with van der Waals surface area (Å²) in [4.78, 5) is 16.6. The van der Waals surface area contributed by atoms with Crippen molar-refractivity contribution in [3.8, 4) is 5.75 Å². The summed E-state index contributed by atoms with van der Waals surface area (Å²) < 4.78 is 5.74. The van der Waals surface area contributed by atoms with Gasteiger partial charge in [-0.3, -0.25) is 4.79 Å². The number of nitrogens with zero attached hydrogens (tertiary/aromatic N) is 2. The standard InChI is InChI=1S/C20H24N2O2/c1-16-8-9-17(2)19(14-16)24-15-20(23)22-12-10-21(11-13-22)18-6-4-3-5-7-18/h3-9,14H,10-13,15H2,1-2H3. The van der Waals surface area contributed by atoms with Crippen LogP contribution in [-0.2, 0) is 4.79 Å². The lowest BCUT2D eigenvalue weighted by Crippen LogP contribution is -2.50. The van der Waals surface area contributed by atoms with E-state index in [0.717, 1.165) is 43.1 Å². The Bertz CT molecular complexity index is 692. The van der Waals surface area contributed by atoms with E-state index in [-0.39, 0.29) is 12.5 Å². The van der Waals surface area contributed by atoms with Gasteiger partial charge >= 0.3 is 0 Å². The van der Waals surface area contributed by atoms with Crippen molar-refractivity contribution < 1.29 is 9.53 Å². The zero-order valence-corrected chi connectivity index (χ0v) is 14.4. The van der Waals surface area contributed by atoms with Crippen molar-refractivity contribution in [3.63, 3.8) is 0 Å². The van der Waals surface area contributed by atoms with E-state index < -0.39 is 0 Å². The third-order valence-corrected chi connectivity index (χ3v) is 4.45. The van der Waals surface area contributed by atoms with Crippen molar-refractivity contribution in [2.45, 2.75) is 13.8 Å². The molecule has 1 amide bonds. The first-order chi connectivity index (χ1) is 11.6. The van der Waals surface area contributed by atoms with E-state index in [1.54, 1.807) is 0 Å². The van der Waals surface area contributed by atoms with E-state index in [0.29, 0.717) is 0 Å². The largest absolute Gasteiger partial charge is 0.483 e. The molecule has 3 rings (SSSR count). The zero-order valence-electron chi connectivity index (χ0n) is 14.4. The summed E-state index contributed by atoms with van der Waals surface area (Å²) in [5, 5.41) is 0. The molecule has 4 heteroatoms. The van der Waals surface area contributed by atoms with Gasteiger partial charge in [0.05, 0.1) is 0 Å².